The minimum Gasteiger partial charge on any atom is -0.456 e. The van der Waals surface area contributed by atoms with E-state index in [1.54, 1.807) is 0 Å². The summed E-state index contributed by atoms with van der Waals surface area (Å²) in [5.41, 5.74) is 3.45. The highest BCUT2D eigenvalue weighted by molar-refractivity contribution is 5.68. The molecule has 0 aliphatic rings. The predicted molar refractivity (Wildman–Crippen MR) is 87.0 cm³/mol. The zero-order valence-corrected chi connectivity index (χ0v) is 12.4. The van der Waals surface area contributed by atoms with E-state index in [1.165, 1.54) is 5.56 Å². The summed E-state index contributed by atoms with van der Waals surface area (Å²) in [5.74, 6) is 1.88. The molecular weight excluding hydrogens is 258 g/mol. The van der Waals surface area contributed by atoms with Crippen molar-refractivity contribution in [3.05, 3.63) is 72.3 Å². The monoisotopic (exact) mass is 277 g/mol. The smallest absolute Gasteiger partial charge is 0.139 e. The third-order valence-corrected chi connectivity index (χ3v) is 3.39. The van der Waals surface area contributed by atoms with Gasteiger partial charge >= 0.3 is 0 Å². The molecule has 2 nitrogen and oxygen atoms in total. The van der Waals surface area contributed by atoms with Crippen molar-refractivity contribution in [2.75, 3.05) is 14.1 Å². The van der Waals surface area contributed by atoms with E-state index in [4.69, 9.17) is 4.42 Å². The zero-order chi connectivity index (χ0) is 14.7. The maximum Gasteiger partial charge on any atom is 0.139 e. The molecule has 0 unspecified atom stereocenters. The second-order valence-corrected chi connectivity index (χ2v) is 5.43. The summed E-state index contributed by atoms with van der Waals surface area (Å²) in [7, 11) is 4.15. The number of nitrogens with zero attached hydrogens (tertiary/aromatic N) is 1. The van der Waals surface area contributed by atoms with E-state index in [-0.39, 0.29) is 0 Å². The van der Waals surface area contributed by atoms with E-state index in [0.717, 1.165) is 29.2 Å². The average Bonchev–Trinajstić information content (AvgIpc) is 2.92. The van der Waals surface area contributed by atoms with E-state index < -0.39 is 0 Å². The highest BCUT2D eigenvalue weighted by Gasteiger charge is 2.14. The second-order valence-electron chi connectivity index (χ2n) is 5.43. The molecule has 21 heavy (non-hydrogen) atoms. The number of hydrogen-bond acceptors (Lipinski definition) is 2. The summed E-state index contributed by atoms with van der Waals surface area (Å²) in [5, 5.41) is 0. The topological polar surface area (TPSA) is 16.4 Å². The number of benzene rings is 2. The van der Waals surface area contributed by atoms with Crippen LogP contribution in [0.25, 0.3) is 22.6 Å². The van der Waals surface area contributed by atoms with Crippen LogP contribution in [-0.4, -0.2) is 19.0 Å². The van der Waals surface area contributed by atoms with Crippen molar-refractivity contribution in [1.82, 2.24) is 4.90 Å². The first kappa shape index (κ1) is 13.7. The summed E-state index contributed by atoms with van der Waals surface area (Å²) >= 11 is 0. The molecule has 0 fully saturated rings. The zero-order valence-electron chi connectivity index (χ0n) is 12.4. The van der Waals surface area contributed by atoms with Crippen LogP contribution in [0.5, 0.6) is 0 Å². The molecule has 0 aliphatic heterocycles. The molecule has 0 atom stereocenters. The summed E-state index contributed by atoms with van der Waals surface area (Å²) in [4.78, 5) is 2.16. The van der Waals surface area contributed by atoms with Gasteiger partial charge in [-0.2, -0.15) is 0 Å². The van der Waals surface area contributed by atoms with Crippen molar-refractivity contribution < 1.29 is 4.42 Å². The van der Waals surface area contributed by atoms with Crippen molar-refractivity contribution in [3.63, 3.8) is 0 Å². The van der Waals surface area contributed by atoms with E-state index >= 15 is 0 Å². The Hall–Kier alpha value is -2.32. The highest BCUT2D eigenvalue weighted by atomic mass is 16.3. The van der Waals surface area contributed by atoms with Crippen LogP contribution >= 0.6 is 0 Å². The lowest BCUT2D eigenvalue weighted by Gasteiger charge is -2.09. The number of furan rings is 1. The molecule has 0 saturated heterocycles. The van der Waals surface area contributed by atoms with Gasteiger partial charge in [0.15, 0.2) is 0 Å². The standard InChI is InChI=1S/C19H19NO/c1-20(2)14-17-13-18(15-9-5-3-6-10-15)21-19(17)16-11-7-4-8-12-16/h3-13H,14H2,1-2H3. The lowest BCUT2D eigenvalue weighted by molar-refractivity contribution is 0.401. The van der Waals surface area contributed by atoms with E-state index in [1.807, 2.05) is 36.4 Å². The summed E-state index contributed by atoms with van der Waals surface area (Å²) in [6.07, 6.45) is 0. The van der Waals surface area contributed by atoms with Crippen LogP contribution in [0.2, 0.25) is 0 Å². The van der Waals surface area contributed by atoms with Gasteiger partial charge in [-0.15, -0.1) is 0 Å². The molecule has 0 saturated carbocycles. The molecule has 1 aromatic heterocycles. The van der Waals surface area contributed by atoms with Crippen molar-refractivity contribution in [1.29, 1.82) is 0 Å². The van der Waals surface area contributed by atoms with Crippen LogP contribution < -0.4 is 0 Å². The molecule has 0 N–H and O–H groups in total. The van der Waals surface area contributed by atoms with Gasteiger partial charge in [-0.1, -0.05) is 60.7 Å². The molecule has 0 spiro atoms. The molecule has 3 rings (SSSR count). The molecular formula is C19H19NO. The molecule has 0 aliphatic carbocycles. The fraction of sp³-hybridized carbons (Fsp3) is 0.158. The Balaban J connectivity index is 2.07. The number of hydrogen-bond donors (Lipinski definition) is 0. The van der Waals surface area contributed by atoms with Gasteiger partial charge in [0.05, 0.1) is 0 Å². The fourth-order valence-corrected chi connectivity index (χ4v) is 2.47. The Bertz CT molecular complexity index is 699. The van der Waals surface area contributed by atoms with E-state index in [0.29, 0.717) is 0 Å². The van der Waals surface area contributed by atoms with Gasteiger partial charge in [-0.25, -0.2) is 0 Å². The first-order valence-electron chi connectivity index (χ1n) is 7.12. The molecule has 0 amide bonds. The quantitative estimate of drug-likeness (QED) is 0.688. The highest BCUT2D eigenvalue weighted by Crippen LogP contribution is 2.33. The molecule has 0 radical (unpaired) electrons. The minimum absolute atomic E-state index is 0.862. The third kappa shape index (κ3) is 3.06. The van der Waals surface area contributed by atoms with Gasteiger partial charge in [0, 0.05) is 23.2 Å². The second kappa shape index (κ2) is 5.98. The van der Waals surface area contributed by atoms with Gasteiger partial charge in [0.2, 0.25) is 0 Å². The van der Waals surface area contributed by atoms with E-state index in [2.05, 4.69) is 49.3 Å². The summed E-state index contributed by atoms with van der Waals surface area (Å²) in [6.45, 7) is 0.862. The summed E-state index contributed by atoms with van der Waals surface area (Å²) < 4.78 is 6.16. The van der Waals surface area contributed by atoms with Crippen LogP contribution in [0.1, 0.15) is 5.56 Å². The number of rotatable bonds is 4. The lowest BCUT2D eigenvalue weighted by atomic mass is 10.1. The van der Waals surface area contributed by atoms with E-state index in [9.17, 15) is 0 Å². The molecule has 2 aromatic carbocycles. The summed E-state index contributed by atoms with van der Waals surface area (Å²) in [6, 6.07) is 22.7. The van der Waals surface area contributed by atoms with Crippen molar-refractivity contribution in [2.45, 2.75) is 6.54 Å². The van der Waals surface area contributed by atoms with Gasteiger partial charge in [0.1, 0.15) is 11.5 Å². The van der Waals surface area contributed by atoms with Crippen molar-refractivity contribution >= 4 is 0 Å². The Morgan fingerprint density at radius 3 is 1.95 bits per heavy atom. The van der Waals surface area contributed by atoms with Crippen LogP contribution in [0.3, 0.4) is 0 Å². The first-order chi connectivity index (χ1) is 10.2. The minimum atomic E-state index is 0.862. The largest absolute Gasteiger partial charge is 0.456 e. The van der Waals surface area contributed by atoms with Crippen molar-refractivity contribution in [3.8, 4) is 22.6 Å². The average molecular weight is 277 g/mol. The molecule has 106 valence electrons. The van der Waals surface area contributed by atoms with Gasteiger partial charge in [-0.05, 0) is 20.2 Å². The first-order valence-corrected chi connectivity index (χ1v) is 7.12. The Morgan fingerprint density at radius 1 is 0.810 bits per heavy atom. The van der Waals surface area contributed by atoms with Crippen LogP contribution in [0.15, 0.2) is 71.1 Å². The SMILES string of the molecule is CN(C)Cc1cc(-c2ccccc2)oc1-c1ccccc1. The molecule has 3 aromatic rings. The lowest BCUT2D eigenvalue weighted by Crippen LogP contribution is -2.10. The Labute approximate surface area is 125 Å². The van der Waals surface area contributed by atoms with Crippen LogP contribution in [0.4, 0.5) is 0 Å². The van der Waals surface area contributed by atoms with Crippen LogP contribution in [0, 0.1) is 0 Å². The van der Waals surface area contributed by atoms with Gasteiger partial charge < -0.3 is 9.32 Å². The molecule has 1 heterocycles. The molecule has 0 bridgehead atoms. The predicted octanol–water partition coefficient (Wildman–Crippen LogP) is 4.68. The maximum absolute atomic E-state index is 6.16. The fourth-order valence-electron chi connectivity index (χ4n) is 2.47. The van der Waals surface area contributed by atoms with Crippen molar-refractivity contribution in [2.24, 2.45) is 0 Å². The molecule has 2 heteroatoms. The van der Waals surface area contributed by atoms with Gasteiger partial charge in [0.25, 0.3) is 0 Å². The maximum atomic E-state index is 6.16. The van der Waals surface area contributed by atoms with Crippen LogP contribution in [-0.2, 0) is 6.54 Å². The van der Waals surface area contributed by atoms with Gasteiger partial charge in [-0.3, -0.25) is 0 Å². The Kier molecular flexibility index (Phi) is 3.89. The third-order valence-electron chi connectivity index (χ3n) is 3.39. The normalized spacial score (nSPS) is 11.0. The Morgan fingerprint density at radius 2 is 1.38 bits per heavy atom.